The van der Waals surface area contributed by atoms with Crippen molar-refractivity contribution in [1.29, 1.82) is 0 Å². The largest absolute Gasteiger partial charge is 0.384 e. The van der Waals surface area contributed by atoms with Crippen LogP contribution in [-0.2, 0) is 4.79 Å². The highest BCUT2D eigenvalue weighted by molar-refractivity contribution is 6.29. The molecule has 1 aromatic rings. The van der Waals surface area contributed by atoms with Gasteiger partial charge >= 0.3 is 0 Å². The van der Waals surface area contributed by atoms with Crippen LogP contribution in [0.1, 0.15) is 23.7 Å². The molecule has 18 heavy (non-hydrogen) atoms. The minimum atomic E-state index is -0.419. The Bertz CT molecular complexity index is 430. The number of carbonyl (C=O) groups is 2. The third-order valence-electron chi connectivity index (χ3n) is 2.06. The molecule has 0 bridgehead atoms. The zero-order chi connectivity index (χ0) is 13.5. The summed E-state index contributed by atoms with van der Waals surface area (Å²) in [6.45, 7) is 2.45. The van der Waals surface area contributed by atoms with Gasteiger partial charge in [0.25, 0.3) is 5.91 Å². The number of anilines is 1. The number of pyridine rings is 1. The minimum absolute atomic E-state index is 0.0846. The number of aromatic nitrogens is 1. The van der Waals surface area contributed by atoms with Crippen LogP contribution in [0.5, 0.6) is 0 Å². The first-order chi connectivity index (χ1) is 8.52. The van der Waals surface area contributed by atoms with E-state index < -0.39 is 5.91 Å². The topological polar surface area (TPSA) is 97.1 Å². The molecule has 98 valence electrons. The van der Waals surface area contributed by atoms with Gasteiger partial charge in [-0.15, -0.1) is 0 Å². The highest BCUT2D eigenvalue weighted by Crippen LogP contribution is 2.11. The average Bonchev–Trinajstić information content (AvgIpc) is 2.32. The first kappa shape index (κ1) is 14.2. The lowest BCUT2D eigenvalue weighted by Gasteiger charge is -2.06. The van der Waals surface area contributed by atoms with E-state index in [1.165, 1.54) is 12.1 Å². The molecule has 0 saturated carbocycles. The number of nitrogens with two attached hydrogens (primary N) is 1. The summed E-state index contributed by atoms with van der Waals surface area (Å²) < 4.78 is 0. The minimum Gasteiger partial charge on any atom is -0.384 e. The lowest BCUT2D eigenvalue weighted by Crippen LogP contribution is -2.37. The fraction of sp³-hybridized carbons (Fsp3) is 0.364. The second kappa shape index (κ2) is 6.80. The van der Waals surface area contributed by atoms with Gasteiger partial charge in [0.05, 0.1) is 6.54 Å². The molecule has 0 saturated heterocycles. The number of rotatable bonds is 5. The average molecular weight is 271 g/mol. The second-order valence-electron chi connectivity index (χ2n) is 3.64. The van der Waals surface area contributed by atoms with Crippen LogP contribution in [0.3, 0.4) is 0 Å². The molecule has 2 amide bonds. The highest BCUT2D eigenvalue weighted by atomic mass is 35.5. The summed E-state index contributed by atoms with van der Waals surface area (Å²) in [6.07, 6.45) is 0.843. The van der Waals surface area contributed by atoms with Crippen molar-refractivity contribution >= 4 is 29.2 Å². The molecule has 0 spiro atoms. The lowest BCUT2D eigenvalue weighted by molar-refractivity contribution is -0.120. The van der Waals surface area contributed by atoms with E-state index in [1.54, 1.807) is 0 Å². The Morgan fingerprint density at radius 2 is 2.11 bits per heavy atom. The summed E-state index contributed by atoms with van der Waals surface area (Å²) in [4.78, 5) is 26.7. The number of nitrogens with one attached hydrogen (secondary N) is 2. The molecule has 0 aromatic carbocycles. The van der Waals surface area contributed by atoms with Gasteiger partial charge in [-0.25, -0.2) is 4.98 Å². The summed E-state index contributed by atoms with van der Waals surface area (Å²) in [6, 6.07) is 2.78. The van der Waals surface area contributed by atoms with Crippen LogP contribution in [-0.4, -0.2) is 29.9 Å². The Kier molecular flexibility index (Phi) is 5.38. The van der Waals surface area contributed by atoms with E-state index in [1.807, 2.05) is 6.92 Å². The third kappa shape index (κ3) is 4.58. The van der Waals surface area contributed by atoms with Gasteiger partial charge in [-0.05, 0) is 18.6 Å². The second-order valence-corrected chi connectivity index (χ2v) is 4.02. The van der Waals surface area contributed by atoms with Gasteiger partial charge < -0.3 is 16.4 Å². The number of hydrogen-bond donors (Lipinski definition) is 3. The van der Waals surface area contributed by atoms with E-state index >= 15 is 0 Å². The number of amides is 2. The standard InChI is InChI=1S/C11H15ClN4O2/c1-2-3-14-10(17)6-15-11(18)7-4-8(12)16-9(13)5-7/h4-5H,2-3,6H2,1H3,(H2,13,16)(H,14,17)(H,15,18). The van der Waals surface area contributed by atoms with Crippen LogP contribution in [0.2, 0.25) is 5.15 Å². The Morgan fingerprint density at radius 1 is 1.39 bits per heavy atom. The van der Waals surface area contributed by atoms with Crippen molar-refractivity contribution in [3.05, 3.63) is 22.8 Å². The molecule has 7 heteroatoms. The Morgan fingerprint density at radius 3 is 2.72 bits per heavy atom. The summed E-state index contributed by atoms with van der Waals surface area (Å²) in [5.41, 5.74) is 5.74. The van der Waals surface area contributed by atoms with E-state index in [-0.39, 0.29) is 29.0 Å². The van der Waals surface area contributed by atoms with Crippen molar-refractivity contribution in [2.24, 2.45) is 0 Å². The SMILES string of the molecule is CCCNC(=O)CNC(=O)c1cc(N)nc(Cl)c1. The Labute approximate surface area is 110 Å². The van der Waals surface area contributed by atoms with Crippen molar-refractivity contribution in [1.82, 2.24) is 15.6 Å². The lowest BCUT2D eigenvalue weighted by atomic mass is 10.2. The first-order valence-electron chi connectivity index (χ1n) is 5.51. The van der Waals surface area contributed by atoms with Crippen molar-refractivity contribution in [3.8, 4) is 0 Å². The molecule has 1 aromatic heterocycles. The Hall–Kier alpha value is -1.82. The van der Waals surface area contributed by atoms with E-state index in [4.69, 9.17) is 17.3 Å². The zero-order valence-electron chi connectivity index (χ0n) is 10.00. The van der Waals surface area contributed by atoms with Gasteiger partial charge in [-0.1, -0.05) is 18.5 Å². The van der Waals surface area contributed by atoms with Crippen LogP contribution in [0, 0.1) is 0 Å². The third-order valence-corrected chi connectivity index (χ3v) is 2.25. The Balaban J connectivity index is 2.52. The van der Waals surface area contributed by atoms with Gasteiger partial charge in [0.2, 0.25) is 5.91 Å². The molecule has 4 N–H and O–H groups in total. The van der Waals surface area contributed by atoms with E-state index in [0.29, 0.717) is 6.54 Å². The number of nitrogen functional groups attached to an aromatic ring is 1. The van der Waals surface area contributed by atoms with Crippen LogP contribution in [0.25, 0.3) is 0 Å². The molecular weight excluding hydrogens is 256 g/mol. The quantitative estimate of drug-likeness (QED) is 0.682. The van der Waals surface area contributed by atoms with Crippen molar-refractivity contribution in [2.75, 3.05) is 18.8 Å². The fourth-order valence-electron chi connectivity index (χ4n) is 1.24. The maximum Gasteiger partial charge on any atom is 0.251 e. The van der Waals surface area contributed by atoms with Crippen molar-refractivity contribution in [3.63, 3.8) is 0 Å². The highest BCUT2D eigenvalue weighted by Gasteiger charge is 2.09. The van der Waals surface area contributed by atoms with Crippen LogP contribution in [0.4, 0.5) is 5.82 Å². The van der Waals surface area contributed by atoms with Gasteiger partial charge in [0.1, 0.15) is 11.0 Å². The molecule has 0 aliphatic rings. The normalized spacial score (nSPS) is 9.89. The zero-order valence-corrected chi connectivity index (χ0v) is 10.8. The molecule has 0 fully saturated rings. The molecular formula is C11H15ClN4O2. The van der Waals surface area contributed by atoms with E-state index in [2.05, 4.69) is 15.6 Å². The molecule has 0 aliphatic carbocycles. The summed E-state index contributed by atoms with van der Waals surface area (Å²) >= 11 is 5.68. The molecule has 0 radical (unpaired) electrons. The molecule has 1 heterocycles. The number of hydrogen-bond acceptors (Lipinski definition) is 4. The smallest absolute Gasteiger partial charge is 0.251 e. The van der Waals surface area contributed by atoms with Crippen molar-refractivity contribution < 1.29 is 9.59 Å². The predicted molar refractivity (Wildman–Crippen MR) is 69.3 cm³/mol. The van der Waals surface area contributed by atoms with Crippen molar-refractivity contribution in [2.45, 2.75) is 13.3 Å². The van der Waals surface area contributed by atoms with E-state index in [9.17, 15) is 9.59 Å². The maximum atomic E-state index is 11.7. The van der Waals surface area contributed by atoms with Crippen LogP contribution < -0.4 is 16.4 Å². The number of carbonyl (C=O) groups excluding carboxylic acids is 2. The maximum absolute atomic E-state index is 11.7. The summed E-state index contributed by atoms with van der Waals surface area (Å²) in [7, 11) is 0. The van der Waals surface area contributed by atoms with Gasteiger partial charge in [0.15, 0.2) is 0 Å². The molecule has 0 aliphatic heterocycles. The predicted octanol–water partition coefficient (Wildman–Crippen LogP) is 0.573. The molecule has 0 atom stereocenters. The fourth-order valence-corrected chi connectivity index (χ4v) is 1.45. The molecule has 1 rings (SSSR count). The molecule has 6 nitrogen and oxygen atoms in total. The van der Waals surface area contributed by atoms with Gasteiger partial charge in [0, 0.05) is 12.1 Å². The number of halogens is 1. The van der Waals surface area contributed by atoms with Gasteiger partial charge in [-0.2, -0.15) is 0 Å². The monoisotopic (exact) mass is 270 g/mol. The summed E-state index contributed by atoms with van der Waals surface area (Å²) in [5.74, 6) is -0.501. The number of nitrogens with zero attached hydrogens (tertiary/aromatic N) is 1. The molecule has 0 unspecified atom stereocenters. The van der Waals surface area contributed by atoms with Crippen LogP contribution >= 0.6 is 11.6 Å². The summed E-state index contributed by atoms with van der Waals surface area (Å²) in [5, 5.41) is 5.25. The van der Waals surface area contributed by atoms with Gasteiger partial charge in [-0.3, -0.25) is 9.59 Å². The van der Waals surface area contributed by atoms with Crippen LogP contribution in [0.15, 0.2) is 12.1 Å². The first-order valence-corrected chi connectivity index (χ1v) is 5.88. The van der Waals surface area contributed by atoms with E-state index in [0.717, 1.165) is 6.42 Å².